The second-order valence-corrected chi connectivity index (χ2v) is 12.3. The van der Waals surface area contributed by atoms with Crippen molar-refractivity contribution in [1.82, 2.24) is 14.1 Å². The number of aryl methyl sites for hydroxylation is 4. The largest absolute Gasteiger partial charge is 0.318 e. The molecule has 1 aliphatic rings. The molecule has 7 heteroatoms. The molecule has 0 saturated heterocycles. The highest BCUT2D eigenvalue weighted by Crippen LogP contribution is 2.36. The van der Waals surface area contributed by atoms with Gasteiger partial charge in [-0.1, -0.05) is 30.8 Å². The predicted molar refractivity (Wildman–Crippen MR) is 155 cm³/mol. The van der Waals surface area contributed by atoms with E-state index in [1.54, 1.807) is 22.0 Å². The van der Waals surface area contributed by atoms with Crippen LogP contribution in [0.25, 0.3) is 15.9 Å². The number of thiophene rings is 1. The van der Waals surface area contributed by atoms with Crippen molar-refractivity contribution >= 4 is 39.1 Å². The van der Waals surface area contributed by atoms with E-state index in [0.29, 0.717) is 23.2 Å². The Morgan fingerprint density at radius 2 is 2.00 bits per heavy atom. The molecule has 0 spiro atoms. The summed E-state index contributed by atoms with van der Waals surface area (Å²) in [7, 11) is 0. The molecule has 0 fully saturated rings. The number of benzene rings is 1. The van der Waals surface area contributed by atoms with E-state index in [1.807, 2.05) is 19.9 Å². The Bertz CT molecular complexity index is 1610. The molecule has 3 heterocycles. The molecule has 37 heavy (non-hydrogen) atoms. The zero-order valence-electron chi connectivity index (χ0n) is 22.2. The van der Waals surface area contributed by atoms with E-state index >= 15 is 0 Å². The fourth-order valence-corrected chi connectivity index (χ4v) is 7.64. The van der Waals surface area contributed by atoms with Crippen molar-refractivity contribution in [2.45, 2.75) is 65.6 Å². The molecule has 0 amide bonds. The third kappa shape index (κ3) is 4.64. The van der Waals surface area contributed by atoms with Crippen LogP contribution >= 0.6 is 23.1 Å². The average molecular weight is 532 g/mol. The van der Waals surface area contributed by atoms with Crippen molar-refractivity contribution in [3.05, 3.63) is 85.8 Å². The topological polar surface area (TPSA) is 56.9 Å². The molecule has 1 unspecified atom stereocenters. The first-order chi connectivity index (χ1) is 17.7. The molecule has 0 radical (unpaired) electrons. The van der Waals surface area contributed by atoms with Crippen LogP contribution in [0.3, 0.4) is 0 Å². The smallest absolute Gasteiger partial charge is 0.263 e. The van der Waals surface area contributed by atoms with E-state index in [1.165, 1.54) is 33.3 Å². The number of Topliss-reactive ketones (excluding diaryl/α,β-unsaturated/α-hetero) is 1. The number of thioether (sulfide) groups is 1. The maximum atomic E-state index is 13.6. The Labute approximate surface area is 226 Å². The number of hydrogen-bond acceptors (Lipinski definition) is 5. The van der Waals surface area contributed by atoms with Crippen LogP contribution in [0, 0.1) is 33.6 Å². The normalized spacial score (nSPS) is 15.2. The van der Waals surface area contributed by atoms with Gasteiger partial charge in [-0.2, -0.15) is 0 Å². The van der Waals surface area contributed by atoms with Crippen molar-refractivity contribution in [2.24, 2.45) is 5.92 Å². The molecule has 1 aliphatic carbocycles. The summed E-state index contributed by atoms with van der Waals surface area (Å²) in [4.78, 5) is 34.0. The number of carbonyl (C=O) groups is 1. The number of ketones is 1. The van der Waals surface area contributed by atoms with Crippen LogP contribution in [0.1, 0.15) is 56.7 Å². The standard InChI is InChI=1S/C30H33N3O2S2/c1-7-12-32-29(35)27-23-11-8-17(2)13-26(23)37-28(27)31-30(32)36-16-25(34)24-15-20(5)33(21(24)6)22-10-9-18(3)19(4)14-22/h7,9-10,14-15,17H,1,8,11-13,16H2,2-6H3. The quantitative estimate of drug-likeness (QED) is 0.114. The molecular formula is C30H33N3O2S2. The minimum atomic E-state index is -0.0141. The summed E-state index contributed by atoms with van der Waals surface area (Å²) in [5.41, 5.74) is 7.36. The van der Waals surface area contributed by atoms with Crippen molar-refractivity contribution in [3.63, 3.8) is 0 Å². The molecule has 0 aliphatic heterocycles. The van der Waals surface area contributed by atoms with Gasteiger partial charge in [-0.3, -0.25) is 14.2 Å². The molecule has 192 valence electrons. The zero-order valence-corrected chi connectivity index (χ0v) is 23.8. The molecule has 1 aromatic carbocycles. The van der Waals surface area contributed by atoms with Crippen LogP contribution in [0.2, 0.25) is 0 Å². The van der Waals surface area contributed by atoms with Crippen LogP contribution in [0.4, 0.5) is 0 Å². The predicted octanol–water partition coefficient (Wildman–Crippen LogP) is 6.77. The van der Waals surface area contributed by atoms with Gasteiger partial charge >= 0.3 is 0 Å². The Balaban J connectivity index is 1.46. The van der Waals surface area contributed by atoms with E-state index in [2.05, 4.69) is 50.1 Å². The summed E-state index contributed by atoms with van der Waals surface area (Å²) in [5, 5.41) is 1.35. The van der Waals surface area contributed by atoms with Gasteiger partial charge in [-0.05, 0) is 87.8 Å². The van der Waals surface area contributed by atoms with Crippen LogP contribution < -0.4 is 5.56 Å². The molecule has 4 aromatic rings. The second kappa shape index (κ2) is 10.1. The summed E-state index contributed by atoms with van der Waals surface area (Å²) in [6.45, 7) is 14.7. The van der Waals surface area contributed by atoms with Crippen molar-refractivity contribution in [2.75, 3.05) is 5.75 Å². The van der Waals surface area contributed by atoms with Crippen molar-refractivity contribution in [1.29, 1.82) is 0 Å². The first kappa shape index (κ1) is 25.7. The lowest BCUT2D eigenvalue weighted by Gasteiger charge is -2.17. The summed E-state index contributed by atoms with van der Waals surface area (Å²) in [6.07, 6.45) is 4.77. The Kier molecular flexibility index (Phi) is 7.03. The first-order valence-electron chi connectivity index (χ1n) is 12.8. The van der Waals surface area contributed by atoms with Gasteiger partial charge in [-0.15, -0.1) is 17.9 Å². The maximum absolute atomic E-state index is 13.6. The number of fused-ring (bicyclic) bond motifs is 3. The lowest BCUT2D eigenvalue weighted by molar-refractivity contribution is 0.102. The van der Waals surface area contributed by atoms with Gasteiger partial charge in [0.05, 0.1) is 11.1 Å². The fraction of sp³-hybridized carbons (Fsp3) is 0.367. The summed E-state index contributed by atoms with van der Waals surface area (Å²) in [5.74, 6) is 0.881. The van der Waals surface area contributed by atoms with Gasteiger partial charge < -0.3 is 4.57 Å². The Morgan fingerprint density at radius 3 is 2.73 bits per heavy atom. The van der Waals surface area contributed by atoms with E-state index in [0.717, 1.165) is 46.6 Å². The van der Waals surface area contributed by atoms with E-state index in [9.17, 15) is 9.59 Å². The van der Waals surface area contributed by atoms with E-state index in [4.69, 9.17) is 4.98 Å². The van der Waals surface area contributed by atoms with Gasteiger partial charge in [0.2, 0.25) is 0 Å². The molecule has 5 nitrogen and oxygen atoms in total. The highest BCUT2D eigenvalue weighted by atomic mass is 32.2. The summed E-state index contributed by atoms with van der Waals surface area (Å²) < 4.78 is 3.82. The van der Waals surface area contributed by atoms with Gasteiger partial charge in [0, 0.05) is 34.1 Å². The number of carbonyl (C=O) groups excluding carboxylic acids is 1. The van der Waals surface area contributed by atoms with Crippen LogP contribution in [0.5, 0.6) is 0 Å². The highest BCUT2D eigenvalue weighted by Gasteiger charge is 2.25. The number of aromatic nitrogens is 3. The van der Waals surface area contributed by atoms with Gasteiger partial charge in [-0.25, -0.2) is 4.98 Å². The monoisotopic (exact) mass is 531 g/mol. The number of nitrogens with zero attached hydrogens (tertiary/aromatic N) is 3. The van der Waals surface area contributed by atoms with Crippen molar-refractivity contribution < 1.29 is 4.79 Å². The second-order valence-electron chi connectivity index (χ2n) is 10.2. The first-order valence-corrected chi connectivity index (χ1v) is 14.6. The third-order valence-electron chi connectivity index (χ3n) is 7.50. The molecular weight excluding hydrogens is 498 g/mol. The number of rotatable bonds is 7. The minimum Gasteiger partial charge on any atom is -0.318 e. The van der Waals surface area contributed by atoms with Gasteiger partial charge in [0.25, 0.3) is 5.56 Å². The van der Waals surface area contributed by atoms with E-state index in [-0.39, 0.29) is 17.1 Å². The Morgan fingerprint density at radius 1 is 1.22 bits per heavy atom. The lowest BCUT2D eigenvalue weighted by atomic mass is 9.89. The summed E-state index contributed by atoms with van der Waals surface area (Å²) in [6, 6.07) is 8.34. The average Bonchev–Trinajstić information content (AvgIpc) is 3.37. The van der Waals surface area contributed by atoms with Gasteiger partial charge in [0.1, 0.15) is 4.83 Å². The highest BCUT2D eigenvalue weighted by molar-refractivity contribution is 7.99. The lowest BCUT2D eigenvalue weighted by Crippen LogP contribution is -2.24. The zero-order chi connectivity index (χ0) is 26.4. The van der Waals surface area contributed by atoms with Crippen LogP contribution in [-0.4, -0.2) is 25.7 Å². The van der Waals surface area contributed by atoms with Crippen LogP contribution in [-0.2, 0) is 19.4 Å². The third-order valence-corrected chi connectivity index (χ3v) is 9.63. The Hall–Kier alpha value is -2.90. The van der Waals surface area contributed by atoms with Crippen molar-refractivity contribution in [3.8, 4) is 5.69 Å². The number of hydrogen-bond donors (Lipinski definition) is 0. The maximum Gasteiger partial charge on any atom is 0.263 e. The molecule has 0 N–H and O–H groups in total. The van der Waals surface area contributed by atoms with Gasteiger partial charge in [0.15, 0.2) is 10.9 Å². The molecule has 3 aromatic heterocycles. The summed E-state index contributed by atoms with van der Waals surface area (Å²) >= 11 is 2.99. The SMILES string of the molecule is C=CCn1c(SCC(=O)c2cc(C)n(-c3ccc(C)c(C)c3)c2C)nc2sc3c(c2c1=O)CCC(C)C3. The molecule has 0 saturated carbocycles. The van der Waals surface area contributed by atoms with Crippen LogP contribution in [0.15, 0.2) is 46.9 Å². The fourth-order valence-electron chi connectivity index (χ4n) is 5.32. The molecule has 1 atom stereocenters. The molecule has 5 rings (SSSR count). The van der Waals surface area contributed by atoms with E-state index < -0.39 is 0 Å². The molecule has 0 bridgehead atoms. The number of allylic oxidation sites excluding steroid dienone is 1. The minimum absolute atomic E-state index is 0.0141.